The average molecular weight is 417 g/mol. The van der Waals surface area contributed by atoms with E-state index in [-0.39, 0.29) is 12.1 Å². The van der Waals surface area contributed by atoms with E-state index in [0.29, 0.717) is 6.04 Å². The maximum absolute atomic E-state index is 5.89. The van der Waals surface area contributed by atoms with Crippen LogP contribution >= 0.6 is 12.2 Å². The zero-order valence-electron chi connectivity index (χ0n) is 17.6. The molecule has 2 aromatic heterocycles. The number of rotatable bonds is 4. The van der Waals surface area contributed by atoms with Gasteiger partial charge in [0.15, 0.2) is 5.11 Å². The second-order valence-corrected chi connectivity index (χ2v) is 8.86. The summed E-state index contributed by atoms with van der Waals surface area (Å²) in [6.45, 7) is 4.43. The molecule has 2 atom stereocenters. The summed E-state index contributed by atoms with van der Waals surface area (Å²) in [4.78, 5) is 7.18. The second-order valence-electron chi connectivity index (χ2n) is 8.47. The number of hydrogen-bond donors (Lipinski definition) is 1. The van der Waals surface area contributed by atoms with Crippen LogP contribution < -0.4 is 5.32 Å². The van der Waals surface area contributed by atoms with Crippen molar-refractivity contribution in [3.8, 4) is 5.69 Å². The van der Waals surface area contributed by atoms with Crippen molar-refractivity contribution in [2.75, 3.05) is 0 Å². The molecule has 5 rings (SSSR count). The Bertz CT molecular complexity index is 1040. The van der Waals surface area contributed by atoms with E-state index < -0.39 is 0 Å². The Morgan fingerprint density at radius 3 is 2.43 bits per heavy atom. The van der Waals surface area contributed by atoms with Gasteiger partial charge in [-0.2, -0.15) is 0 Å². The molecule has 1 saturated heterocycles. The van der Waals surface area contributed by atoms with E-state index in [4.69, 9.17) is 17.2 Å². The lowest BCUT2D eigenvalue weighted by molar-refractivity contribution is 0.245. The van der Waals surface area contributed by atoms with Gasteiger partial charge in [0.2, 0.25) is 0 Å². The lowest BCUT2D eigenvalue weighted by atomic mass is 9.95. The summed E-state index contributed by atoms with van der Waals surface area (Å²) in [6.07, 6.45) is 6.87. The molecule has 1 saturated carbocycles. The Kier molecular flexibility index (Phi) is 5.07. The molecule has 2 fully saturated rings. The van der Waals surface area contributed by atoms with Gasteiger partial charge in [-0.25, -0.2) is 0 Å². The average Bonchev–Trinajstić information content (AvgIpc) is 3.47. The zero-order valence-corrected chi connectivity index (χ0v) is 18.4. The Morgan fingerprint density at radius 1 is 1.00 bits per heavy atom. The molecule has 0 bridgehead atoms. The van der Waals surface area contributed by atoms with Crippen molar-refractivity contribution >= 4 is 17.3 Å². The number of para-hydroxylation sites is 1. The maximum Gasteiger partial charge on any atom is 0.170 e. The van der Waals surface area contributed by atoms with Crippen LogP contribution in [0.15, 0.2) is 60.8 Å². The summed E-state index contributed by atoms with van der Waals surface area (Å²) in [6, 6.07) is 19.8. The molecule has 1 aliphatic heterocycles. The molecule has 0 spiro atoms. The quantitative estimate of drug-likeness (QED) is 0.577. The molecule has 154 valence electrons. The van der Waals surface area contributed by atoms with Crippen molar-refractivity contribution in [2.24, 2.45) is 0 Å². The molecule has 1 aromatic carbocycles. The van der Waals surface area contributed by atoms with Crippen LogP contribution in [-0.4, -0.2) is 25.6 Å². The van der Waals surface area contributed by atoms with E-state index in [1.807, 2.05) is 12.3 Å². The smallest absolute Gasteiger partial charge is 0.170 e. The highest BCUT2D eigenvalue weighted by Crippen LogP contribution is 2.44. The van der Waals surface area contributed by atoms with Crippen LogP contribution in [0.5, 0.6) is 0 Å². The zero-order chi connectivity index (χ0) is 20.7. The summed E-state index contributed by atoms with van der Waals surface area (Å²) in [5.41, 5.74) is 6.12. The Balaban J connectivity index is 1.64. The predicted molar refractivity (Wildman–Crippen MR) is 125 cm³/mol. The van der Waals surface area contributed by atoms with Crippen molar-refractivity contribution < 1.29 is 0 Å². The summed E-state index contributed by atoms with van der Waals surface area (Å²) in [5, 5.41) is 4.49. The second kappa shape index (κ2) is 7.88. The SMILES string of the molecule is Cc1cc(C2C(c3ccccn3)NC(=S)N2C2CCCC2)c(C)n1-c1ccccc1. The van der Waals surface area contributed by atoms with Gasteiger partial charge in [0.05, 0.1) is 17.8 Å². The van der Waals surface area contributed by atoms with Crippen molar-refractivity contribution in [3.63, 3.8) is 0 Å². The first kappa shape index (κ1) is 19.3. The Labute approximate surface area is 183 Å². The van der Waals surface area contributed by atoms with Crippen molar-refractivity contribution in [2.45, 2.75) is 57.7 Å². The molecule has 2 unspecified atom stereocenters. The molecule has 0 radical (unpaired) electrons. The van der Waals surface area contributed by atoms with Gasteiger partial charge >= 0.3 is 0 Å². The minimum Gasteiger partial charge on any atom is -0.352 e. The third-order valence-electron chi connectivity index (χ3n) is 6.66. The van der Waals surface area contributed by atoms with Crippen LogP contribution in [0.4, 0.5) is 0 Å². The summed E-state index contributed by atoms with van der Waals surface area (Å²) >= 11 is 5.89. The molecular weight excluding hydrogens is 388 g/mol. The summed E-state index contributed by atoms with van der Waals surface area (Å²) in [5.74, 6) is 0. The normalized spacial score (nSPS) is 21.9. The molecule has 30 heavy (non-hydrogen) atoms. The Hall–Kier alpha value is -2.66. The minimum atomic E-state index is 0.0593. The first-order chi connectivity index (χ1) is 14.6. The largest absolute Gasteiger partial charge is 0.352 e. The molecule has 1 N–H and O–H groups in total. The van der Waals surface area contributed by atoms with E-state index in [0.717, 1.165) is 10.8 Å². The molecule has 4 nitrogen and oxygen atoms in total. The fraction of sp³-hybridized carbons (Fsp3) is 0.360. The molecule has 2 aliphatic rings. The van der Waals surface area contributed by atoms with Crippen LogP contribution in [0.25, 0.3) is 5.69 Å². The third-order valence-corrected chi connectivity index (χ3v) is 6.99. The van der Waals surface area contributed by atoms with Gasteiger partial charge in [0, 0.05) is 29.3 Å². The summed E-state index contributed by atoms with van der Waals surface area (Å²) < 4.78 is 2.36. The van der Waals surface area contributed by atoms with Crippen LogP contribution in [0.2, 0.25) is 0 Å². The number of hydrogen-bond acceptors (Lipinski definition) is 2. The highest BCUT2D eigenvalue weighted by Gasteiger charge is 2.44. The van der Waals surface area contributed by atoms with Crippen LogP contribution in [0.3, 0.4) is 0 Å². The van der Waals surface area contributed by atoms with Gasteiger partial charge in [0.25, 0.3) is 0 Å². The van der Waals surface area contributed by atoms with Crippen molar-refractivity contribution in [3.05, 3.63) is 83.4 Å². The third kappa shape index (κ3) is 3.21. The van der Waals surface area contributed by atoms with Crippen LogP contribution in [0, 0.1) is 13.8 Å². The molecule has 1 aliphatic carbocycles. The van der Waals surface area contributed by atoms with E-state index in [9.17, 15) is 0 Å². The topological polar surface area (TPSA) is 33.1 Å². The van der Waals surface area contributed by atoms with E-state index in [2.05, 4.69) is 77.2 Å². The van der Waals surface area contributed by atoms with Gasteiger partial charge in [-0.15, -0.1) is 0 Å². The van der Waals surface area contributed by atoms with Gasteiger partial charge in [-0.3, -0.25) is 4.98 Å². The number of nitrogens with zero attached hydrogens (tertiary/aromatic N) is 3. The first-order valence-corrected chi connectivity index (χ1v) is 11.3. The highest BCUT2D eigenvalue weighted by atomic mass is 32.1. The van der Waals surface area contributed by atoms with Gasteiger partial charge in [-0.1, -0.05) is 37.1 Å². The van der Waals surface area contributed by atoms with Crippen LogP contribution in [-0.2, 0) is 0 Å². The molecule has 0 amide bonds. The standard InChI is InChI=1S/C25H28N4S/c1-17-16-21(18(2)28(17)19-10-4-3-5-11-19)24-23(22-14-8-9-15-26-22)27-25(30)29(24)20-12-6-7-13-20/h3-5,8-11,14-16,20,23-24H,6-7,12-13H2,1-2H3,(H,27,30). The van der Waals surface area contributed by atoms with Crippen LogP contribution in [0.1, 0.15) is 60.4 Å². The van der Waals surface area contributed by atoms with Gasteiger partial charge < -0.3 is 14.8 Å². The first-order valence-electron chi connectivity index (χ1n) is 10.9. The number of benzene rings is 1. The van der Waals surface area contributed by atoms with Gasteiger partial charge in [-0.05, 0) is 74.8 Å². The molecule has 3 aromatic rings. The molecular formula is C25H28N4S. The lowest BCUT2D eigenvalue weighted by Crippen LogP contribution is -2.37. The van der Waals surface area contributed by atoms with Crippen molar-refractivity contribution in [1.82, 2.24) is 19.8 Å². The number of aryl methyl sites for hydroxylation is 1. The monoisotopic (exact) mass is 416 g/mol. The number of pyridine rings is 1. The number of nitrogens with one attached hydrogen (secondary N) is 1. The number of thiocarbonyl (C=S) groups is 1. The summed E-state index contributed by atoms with van der Waals surface area (Å²) in [7, 11) is 0. The molecule has 3 heterocycles. The van der Waals surface area contributed by atoms with E-state index in [1.165, 1.54) is 48.3 Å². The minimum absolute atomic E-state index is 0.0593. The number of aromatic nitrogens is 2. The predicted octanol–water partition coefficient (Wildman–Crippen LogP) is 5.40. The fourth-order valence-corrected chi connectivity index (χ4v) is 5.72. The molecule has 5 heteroatoms. The van der Waals surface area contributed by atoms with Gasteiger partial charge in [0.1, 0.15) is 0 Å². The highest BCUT2D eigenvalue weighted by molar-refractivity contribution is 7.80. The Morgan fingerprint density at radius 2 is 1.73 bits per heavy atom. The lowest BCUT2D eigenvalue weighted by Gasteiger charge is -2.33. The van der Waals surface area contributed by atoms with E-state index in [1.54, 1.807) is 0 Å². The van der Waals surface area contributed by atoms with Crippen molar-refractivity contribution in [1.29, 1.82) is 0 Å². The fourth-order valence-electron chi connectivity index (χ4n) is 5.34. The maximum atomic E-state index is 5.89. The van der Waals surface area contributed by atoms with E-state index >= 15 is 0 Å².